The van der Waals surface area contributed by atoms with Gasteiger partial charge in [0.05, 0.1) is 12.6 Å². The molecule has 3 heterocycles. The van der Waals surface area contributed by atoms with E-state index in [9.17, 15) is 4.79 Å². The van der Waals surface area contributed by atoms with Crippen LogP contribution in [-0.2, 0) is 6.42 Å². The molecule has 134 valence electrons. The molecule has 0 saturated carbocycles. The van der Waals surface area contributed by atoms with Crippen LogP contribution in [0.25, 0.3) is 5.65 Å². The molecule has 1 amide bonds. The second-order valence-electron chi connectivity index (χ2n) is 6.22. The Morgan fingerprint density at radius 3 is 3.15 bits per heavy atom. The number of pyridine rings is 1. The van der Waals surface area contributed by atoms with Gasteiger partial charge in [-0.05, 0) is 54.3 Å². The largest absolute Gasteiger partial charge is 0.493 e. The Kier molecular flexibility index (Phi) is 4.79. The van der Waals surface area contributed by atoms with E-state index in [2.05, 4.69) is 21.8 Å². The van der Waals surface area contributed by atoms with Gasteiger partial charge in [0.1, 0.15) is 5.75 Å². The molecule has 1 aromatic carbocycles. The lowest BCUT2D eigenvalue weighted by Crippen LogP contribution is -2.30. The van der Waals surface area contributed by atoms with Gasteiger partial charge in [-0.1, -0.05) is 6.07 Å². The minimum Gasteiger partial charge on any atom is -0.493 e. The van der Waals surface area contributed by atoms with Crippen LogP contribution in [0.2, 0.25) is 0 Å². The summed E-state index contributed by atoms with van der Waals surface area (Å²) in [4.78, 5) is 12.8. The van der Waals surface area contributed by atoms with Crippen molar-refractivity contribution in [2.75, 3.05) is 18.6 Å². The number of fused-ring (bicyclic) bond motifs is 2. The molecule has 2 aromatic heterocycles. The molecule has 1 N–H and O–H groups in total. The summed E-state index contributed by atoms with van der Waals surface area (Å²) in [7, 11) is 0. The molecular formula is C19H20N4O2S. The van der Waals surface area contributed by atoms with Gasteiger partial charge in [0.15, 0.2) is 11.5 Å². The number of rotatable bonds is 6. The Morgan fingerprint density at radius 2 is 2.27 bits per heavy atom. The summed E-state index contributed by atoms with van der Waals surface area (Å²) < 4.78 is 7.45. The Balaban J connectivity index is 1.60. The van der Waals surface area contributed by atoms with E-state index in [4.69, 9.17) is 4.74 Å². The number of thioether (sulfide) groups is 1. The number of benzene rings is 1. The monoisotopic (exact) mass is 368 g/mol. The van der Waals surface area contributed by atoms with E-state index in [1.807, 2.05) is 47.0 Å². The fourth-order valence-corrected chi connectivity index (χ4v) is 3.64. The molecule has 0 aliphatic carbocycles. The summed E-state index contributed by atoms with van der Waals surface area (Å²) >= 11 is 1.75. The number of nitrogens with zero attached hydrogens (tertiary/aromatic N) is 3. The number of aromatic nitrogens is 3. The van der Waals surface area contributed by atoms with Gasteiger partial charge in [0.25, 0.3) is 5.91 Å². The zero-order valence-electron chi connectivity index (χ0n) is 14.5. The number of amides is 1. The number of carbonyl (C=O) groups excluding carboxylic acids is 1. The number of nitrogens with one attached hydrogen (secondary N) is 1. The molecule has 0 spiro atoms. The van der Waals surface area contributed by atoms with Gasteiger partial charge in [0, 0.05) is 18.2 Å². The van der Waals surface area contributed by atoms with Crippen LogP contribution >= 0.6 is 11.8 Å². The molecule has 1 aliphatic rings. The van der Waals surface area contributed by atoms with E-state index in [1.54, 1.807) is 11.8 Å². The number of carbonyl (C=O) groups is 1. The molecule has 26 heavy (non-hydrogen) atoms. The quantitative estimate of drug-likeness (QED) is 0.725. The highest BCUT2D eigenvalue weighted by Gasteiger charge is 2.22. The lowest BCUT2D eigenvalue weighted by molar-refractivity contribution is 0.0933. The first-order valence-electron chi connectivity index (χ1n) is 8.61. The average Bonchev–Trinajstić information content (AvgIpc) is 3.31. The maximum Gasteiger partial charge on any atom is 0.251 e. The second kappa shape index (κ2) is 7.37. The van der Waals surface area contributed by atoms with Crippen molar-refractivity contribution in [2.24, 2.45) is 0 Å². The predicted octanol–water partition coefficient (Wildman–Crippen LogP) is 2.89. The maximum absolute atomic E-state index is 12.8. The molecule has 1 aliphatic heterocycles. The van der Waals surface area contributed by atoms with Crippen molar-refractivity contribution in [1.82, 2.24) is 19.9 Å². The first-order chi connectivity index (χ1) is 12.8. The minimum absolute atomic E-state index is 0.0986. The zero-order valence-corrected chi connectivity index (χ0v) is 15.3. The molecular weight excluding hydrogens is 348 g/mol. The third-order valence-electron chi connectivity index (χ3n) is 4.52. The van der Waals surface area contributed by atoms with Crippen LogP contribution < -0.4 is 10.1 Å². The number of hydrogen-bond donors (Lipinski definition) is 1. The fourth-order valence-electron chi connectivity index (χ4n) is 3.17. The Labute approximate surface area is 156 Å². The summed E-state index contributed by atoms with van der Waals surface area (Å²) in [5.41, 5.74) is 2.52. The molecule has 6 nitrogen and oxygen atoms in total. The van der Waals surface area contributed by atoms with E-state index in [-0.39, 0.29) is 11.9 Å². The van der Waals surface area contributed by atoms with E-state index < -0.39 is 0 Å². The lowest BCUT2D eigenvalue weighted by Gasteiger charge is -2.17. The summed E-state index contributed by atoms with van der Waals surface area (Å²) in [6.07, 6.45) is 5.62. The molecule has 1 unspecified atom stereocenters. The Morgan fingerprint density at radius 1 is 1.35 bits per heavy atom. The van der Waals surface area contributed by atoms with Crippen molar-refractivity contribution in [3.05, 3.63) is 59.5 Å². The van der Waals surface area contributed by atoms with E-state index in [0.29, 0.717) is 12.2 Å². The third-order valence-corrected chi connectivity index (χ3v) is 5.16. The van der Waals surface area contributed by atoms with E-state index in [0.717, 1.165) is 41.4 Å². The van der Waals surface area contributed by atoms with Gasteiger partial charge in [-0.15, -0.1) is 10.2 Å². The first-order valence-corrected chi connectivity index (χ1v) is 10.0. The highest BCUT2D eigenvalue weighted by Crippen LogP contribution is 2.26. The number of ether oxygens (including phenoxy) is 1. The summed E-state index contributed by atoms with van der Waals surface area (Å²) in [5, 5.41) is 11.7. The van der Waals surface area contributed by atoms with Gasteiger partial charge in [-0.25, -0.2) is 0 Å². The third kappa shape index (κ3) is 3.26. The van der Waals surface area contributed by atoms with Crippen molar-refractivity contribution in [3.8, 4) is 5.75 Å². The Hall–Kier alpha value is -2.54. The summed E-state index contributed by atoms with van der Waals surface area (Å²) in [6.45, 7) is 0.683. The van der Waals surface area contributed by atoms with Gasteiger partial charge in [0.2, 0.25) is 0 Å². The van der Waals surface area contributed by atoms with Crippen molar-refractivity contribution >= 4 is 23.3 Å². The van der Waals surface area contributed by atoms with Crippen LogP contribution in [0.5, 0.6) is 5.75 Å². The standard InChI is InChI=1S/C19H20N4O2S/c1-26-11-8-15(18-22-21-17-4-2-3-9-23(17)18)20-19(24)14-5-6-16-13(12-14)7-10-25-16/h2-6,9,12,15H,7-8,10-11H2,1H3,(H,20,24). The van der Waals surface area contributed by atoms with Crippen molar-refractivity contribution < 1.29 is 9.53 Å². The molecule has 7 heteroatoms. The van der Waals surface area contributed by atoms with Crippen LogP contribution in [-0.4, -0.2) is 39.1 Å². The van der Waals surface area contributed by atoms with E-state index >= 15 is 0 Å². The zero-order chi connectivity index (χ0) is 17.9. The molecule has 4 rings (SSSR count). The molecule has 0 fully saturated rings. The molecule has 0 bridgehead atoms. The normalized spacial score (nSPS) is 14.0. The van der Waals surface area contributed by atoms with Crippen molar-refractivity contribution in [2.45, 2.75) is 18.9 Å². The van der Waals surface area contributed by atoms with Gasteiger partial charge in [-0.3, -0.25) is 9.20 Å². The summed E-state index contributed by atoms with van der Waals surface area (Å²) in [6, 6.07) is 11.2. The lowest BCUT2D eigenvalue weighted by atomic mass is 10.1. The van der Waals surface area contributed by atoms with Gasteiger partial charge in [-0.2, -0.15) is 11.8 Å². The molecule has 3 aromatic rings. The highest BCUT2D eigenvalue weighted by atomic mass is 32.2. The minimum atomic E-state index is -0.197. The predicted molar refractivity (Wildman–Crippen MR) is 102 cm³/mol. The van der Waals surface area contributed by atoms with Gasteiger partial charge >= 0.3 is 0 Å². The van der Waals surface area contributed by atoms with Crippen molar-refractivity contribution in [3.63, 3.8) is 0 Å². The molecule has 0 radical (unpaired) electrons. The Bertz CT molecular complexity index is 940. The molecule has 0 saturated heterocycles. The van der Waals surface area contributed by atoms with Crippen LogP contribution in [0.15, 0.2) is 42.6 Å². The maximum atomic E-state index is 12.8. The topological polar surface area (TPSA) is 68.5 Å². The highest BCUT2D eigenvalue weighted by molar-refractivity contribution is 7.98. The first kappa shape index (κ1) is 16.9. The summed E-state index contributed by atoms with van der Waals surface area (Å²) in [5.74, 6) is 2.46. The second-order valence-corrected chi connectivity index (χ2v) is 7.20. The van der Waals surface area contributed by atoms with Crippen molar-refractivity contribution in [1.29, 1.82) is 0 Å². The SMILES string of the molecule is CSCCC(NC(=O)c1ccc2c(c1)CCO2)c1nnc2ccccn12. The van der Waals surface area contributed by atoms with E-state index in [1.165, 1.54) is 0 Å². The van der Waals surface area contributed by atoms with Crippen LogP contribution in [0.4, 0.5) is 0 Å². The van der Waals surface area contributed by atoms with Crippen LogP contribution in [0.3, 0.4) is 0 Å². The fraction of sp³-hybridized carbons (Fsp3) is 0.316. The van der Waals surface area contributed by atoms with Crippen LogP contribution in [0.1, 0.15) is 34.2 Å². The smallest absolute Gasteiger partial charge is 0.251 e. The molecule has 1 atom stereocenters. The number of hydrogen-bond acceptors (Lipinski definition) is 5. The van der Waals surface area contributed by atoms with Crippen LogP contribution in [0, 0.1) is 0 Å². The average molecular weight is 368 g/mol. The van der Waals surface area contributed by atoms with Gasteiger partial charge < -0.3 is 10.1 Å².